The number of esters is 4. The van der Waals surface area contributed by atoms with E-state index >= 15 is 0 Å². The van der Waals surface area contributed by atoms with Crippen molar-refractivity contribution in [2.75, 3.05) is 6.61 Å². The molecule has 0 amide bonds. The molecule has 1 aliphatic rings. The number of carbonyl (C=O) groups is 4. The molecule has 1 aliphatic heterocycles. The Morgan fingerprint density at radius 3 is 1.88 bits per heavy atom. The third-order valence-electron chi connectivity index (χ3n) is 3.11. The Labute approximate surface area is 151 Å². The summed E-state index contributed by atoms with van der Waals surface area (Å²) in [7, 11) is 0. The van der Waals surface area contributed by atoms with E-state index in [-0.39, 0.29) is 6.61 Å². The van der Waals surface area contributed by atoms with Crippen LogP contribution in [-0.4, -0.2) is 60.9 Å². The molecule has 0 radical (unpaired) electrons. The quantitative estimate of drug-likeness (QED) is 0.351. The molecule has 1 saturated heterocycles. The third-order valence-corrected chi connectivity index (χ3v) is 3.11. The standard InChI is InChI=1S/C16H24O10/c1-8(17)21-7-12-13(22-9(2)18)14(15(24-12)23-10(3)19)26-16(5,6)25-11(4)20/h12-15H,7H2,1-6H3/t12-,13+,14-,15+/m1/s1. The topological polar surface area (TPSA) is 124 Å². The Balaban J connectivity index is 3.07. The lowest BCUT2D eigenvalue weighted by Gasteiger charge is -2.32. The SMILES string of the molecule is CC(=O)OC[C@H]1O[C@H](OC(C)=O)[C@H](OC(C)(C)OC(C)=O)[C@H]1OC(C)=O. The second-order valence-electron chi connectivity index (χ2n) is 6.10. The number of rotatable bonds is 7. The molecule has 148 valence electrons. The molecular formula is C16H24O10. The van der Waals surface area contributed by atoms with Crippen molar-refractivity contribution in [1.29, 1.82) is 0 Å². The molecule has 0 aromatic rings. The van der Waals surface area contributed by atoms with Crippen molar-refractivity contribution in [2.45, 2.75) is 71.9 Å². The van der Waals surface area contributed by atoms with Gasteiger partial charge >= 0.3 is 23.9 Å². The van der Waals surface area contributed by atoms with Gasteiger partial charge in [0, 0.05) is 41.5 Å². The minimum absolute atomic E-state index is 0.251. The van der Waals surface area contributed by atoms with Gasteiger partial charge in [-0.05, 0) is 0 Å². The summed E-state index contributed by atoms with van der Waals surface area (Å²) in [6.07, 6.45) is -4.37. The molecule has 1 rings (SSSR count). The lowest BCUT2D eigenvalue weighted by atomic mass is 10.1. The summed E-state index contributed by atoms with van der Waals surface area (Å²) in [4.78, 5) is 45.1. The largest absolute Gasteiger partial charge is 0.463 e. The van der Waals surface area contributed by atoms with Crippen LogP contribution in [0.5, 0.6) is 0 Å². The number of ether oxygens (including phenoxy) is 6. The van der Waals surface area contributed by atoms with Gasteiger partial charge < -0.3 is 28.4 Å². The van der Waals surface area contributed by atoms with E-state index in [4.69, 9.17) is 28.4 Å². The van der Waals surface area contributed by atoms with Crippen molar-refractivity contribution in [3.05, 3.63) is 0 Å². The first-order chi connectivity index (χ1) is 11.9. The Morgan fingerprint density at radius 1 is 0.846 bits per heavy atom. The van der Waals surface area contributed by atoms with Crippen LogP contribution in [0.15, 0.2) is 0 Å². The van der Waals surface area contributed by atoms with Gasteiger partial charge in [0.05, 0.1) is 0 Å². The maximum atomic E-state index is 11.5. The Bertz CT molecular complexity index is 555. The first kappa shape index (κ1) is 21.8. The molecule has 0 N–H and O–H groups in total. The van der Waals surface area contributed by atoms with E-state index in [2.05, 4.69) is 0 Å². The van der Waals surface area contributed by atoms with E-state index < -0.39 is 54.3 Å². The molecule has 0 spiro atoms. The fourth-order valence-electron chi connectivity index (χ4n) is 2.44. The first-order valence-electron chi connectivity index (χ1n) is 7.92. The molecule has 1 fully saturated rings. The predicted molar refractivity (Wildman–Crippen MR) is 83.3 cm³/mol. The highest BCUT2D eigenvalue weighted by Gasteiger charge is 2.52. The first-order valence-corrected chi connectivity index (χ1v) is 7.92. The molecule has 0 aromatic carbocycles. The van der Waals surface area contributed by atoms with Gasteiger partial charge in [-0.2, -0.15) is 0 Å². The van der Waals surface area contributed by atoms with Crippen LogP contribution >= 0.6 is 0 Å². The molecule has 0 unspecified atom stereocenters. The molecule has 0 saturated carbocycles. The van der Waals surface area contributed by atoms with Crippen LogP contribution in [0.25, 0.3) is 0 Å². The Kier molecular flexibility index (Phi) is 7.52. The van der Waals surface area contributed by atoms with E-state index in [0.717, 1.165) is 6.92 Å². The van der Waals surface area contributed by atoms with Gasteiger partial charge in [0.1, 0.15) is 12.7 Å². The summed E-state index contributed by atoms with van der Waals surface area (Å²) in [6.45, 7) is 7.42. The molecule has 10 heteroatoms. The van der Waals surface area contributed by atoms with Crippen molar-refractivity contribution in [3.8, 4) is 0 Å². The second kappa shape index (κ2) is 8.95. The normalized spacial score (nSPS) is 25.3. The van der Waals surface area contributed by atoms with Gasteiger partial charge in [-0.25, -0.2) is 0 Å². The monoisotopic (exact) mass is 376 g/mol. The smallest absolute Gasteiger partial charge is 0.305 e. The summed E-state index contributed by atoms with van der Waals surface area (Å²) in [5.41, 5.74) is 0. The fraction of sp³-hybridized carbons (Fsp3) is 0.750. The lowest BCUT2D eigenvalue weighted by molar-refractivity contribution is -0.266. The molecule has 0 aliphatic carbocycles. The van der Waals surface area contributed by atoms with Gasteiger partial charge in [-0.3, -0.25) is 19.2 Å². The zero-order valence-electron chi connectivity index (χ0n) is 15.6. The summed E-state index contributed by atoms with van der Waals surface area (Å²) in [6, 6.07) is 0. The highest BCUT2D eigenvalue weighted by Crippen LogP contribution is 2.31. The minimum Gasteiger partial charge on any atom is -0.463 e. The van der Waals surface area contributed by atoms with Crippen molar-refractivity contribution in [1.82, 2.24) is 0 Å². The maximum absolute atomic E-state index is 11.5. The van der Waals surface area contributed by atoms with E-state index in [1.54, 1.807) is 0 Å². The average Bonchev–Trinajstić information content (AvgIpc) is 2.71. The Morgan fingerprint density at radius 2 is 1.42 bits per heavy atom. The molecule has 10 nitrogen and oxygen atoms in total. The number of carbonyl (C=O) groups excluding carboxylic acids is 4. The Hall–Kier alpha value is -2.20. The summed E-state index contributed by atoms with van der Waals surface area (Å²) < 4.78 is 31.5. The molecular weight excluding hydrogens is 352 g/mol. The average molecular weight is 376 g/mol. The van der Waals surface area contributed by atoms with Crippen LogP contribution in [0, 0.1) is 0 Å². The van der Waals surface area contributed by atoms with Crippen LogP contribution in [0.1, 0.15) is 41.5 Å². The predicted octanol–water partition coefficient (Wildman–Crippen LogP) is 0.454. The second-order valence-corrected chi connectivity index (χ2v) is 6.10. The lowest BCUT2D eigenvalue weighted by Crippen LogP contribution is -2.46. The van der Waals surface area contributed by atoms with Crippen LogP contribution < -0.4 is 0 Å². The van der Waals surface area contributed by atoms with Crippen molar-refractivity contribution >= 4 is 23.9 Å². The molecule has 0 aromatic heterocycles. The van der Waals surface area contributed by atoms with Crippen molar-refractivity contribution in [2.24, 2.45) is 0 Å². The highest BCUT2D eigenvalue weighted by atomic mass is 16.8. The molecule has 4 atom stereocenters. The van der Waals surface area contributed by atoms with Gasteiger partial charge in [-0.1, -0.05) is 0 Å². The highest BCUT2D eigenvalue weighted by molar-refractivity contribution is 5.67. The number of hydrogen-bond acceptors (Lipinski definition) is 10. The zero-order chi connectivity index (χ0) is 20.1. The zero-order valence-corrected chi connectivity index (χ0v) is 15.6. The van der Waals surface area contributed by atoms with Gasteiger partial charge in [-0.15, -0.1) is 0 Å². The number of hydrogen-bond donors (Lipinski definition) is 0. The van der Waals surface area contributed by atoms with Crippen LogP contribution in [0.3, 0.4) is 0 Å². The van der Waals surface area contributed by atoms with E-state index in [1.165, 1.54) is 34.6 Å². The van der Waals surface area contributed by atoms with Crippen molar-refractivity contribution in [3.63, 3.8) is 0 Å². The van der Waals surface area contributed by atoms with Crippen LogP contribution in [-0.2, 0) is 47.6 Å². The van der Waals surface area contributed by atoms with E-state index in [9.17, 15) is 19.2 Å². The summed E-state index contributed by atoms with van der Waals surface area (Å²) in [5, 5.41) is 0. The molecule has 26 heavy (non-hydrogen) atoms. The van der Waals surface area contributed by atoms with E-state index in [1.807, 2.05) is 0 Å². The fourth-order valence-corrected chi connectivity index (χ4v) is 2.44. The van der Waals surface area contributed by atoms with Crippen LogP contribution in [0.2, 0.25) is 0 Å². The maximum Gasteiger partial charge on any atom is 0.305 e. The summed E-state index contributed by atoms with van der Waals surface area (Å²) in [5.74, 6) is -3.90. The van der Waals surface area contributed by atoms with Gasteiger partial charge in [0.2, 0.25) is 12.1 Å². The summed E-state index contributed by atoms with van der Waals surface area (Å²) >= 11 is 0. The van der Waals surface area contributed by atoms with E-state index in [0.29, 0.717) is 0 Å². The van der Waals surface area contributed by atoms with Gasteiger partial charge in [0.25, 0.3) is 0 Å². The van der Waals surface area contributed by atoms with Crippen LogP contribution in [0.4, 0.5) is 0 Å². The van der Waals surface area contributed by atoms with Crippen molar-refractivity contribution < 1.29 is 47.6 Å². The third kappa shape index (κ3) is 6.96. The molecule has 0 bridgehead atoms. The molecule has 1 heterocycles. The van der Waals surface area contributed by atoms with Gasteiger partial charge in [0.15, 0.2) is 12.2 Å². The minimum atomic E-state index is -1.42.